The highest BCUT2D eigenvalue weighted by Gasteiger charge is 2.42. The standard InChI is InChI=1S/C16H27F3N2O4S/c1-11(22)21-9-3-4-14(20-26(2,23)24)15(21)10-25-13-7-5-12(6-8-13)16(17,18)19/h12-15,20H,3-10H2,1-2H3/t12-,13+,14-,15-/m0/s1. The number of likely N-dealkylation sites (tertiary alicyclic amines) is 1. The molecule has 0 aromatic heterocycles. The second-order valence-electron chi connectivity index (χ2n) is 7.27. The molecule has 1 N–H and O–H groups in total. The maximum Gasteiger partial charge on any atom is 0.391 e. The number of nitrogens with zero attached hydrogens (tertiary/aromatic N) is 1. The molecule has 2 rings (SSSR count). The average molecular weight is 400 g/mol. The molecule has 0 aromatic rings. The van der Waals surface area contributed by atoms with Crippen molar-refractivity contribution in [2.24, 2.45) is 5.92 Å². The van der Waals surface area contributed by atoms with E-state index in [0.717, 1.165) is 6.26 Å². The van der Waals surface area contributed by atoms with E-state index in [-0.39, 0.29) is 31.5 Å². The van der Waals surface area contributed by atoms with Crippen molar-refractivity contribution in [3.05, 3.63) is 0 Å². The number of sulfonamides is 1. The minimum absolute atomic E-state index is 0.0419. The maximum atomic E-state index is 12.7. The van der Waals surface area contributed by atoms with E-state index in [2.05, 4.69) is 4.72 Å². The van der Waals surface area contributed by atoms with Crippen LogP contribution in [0.25, 0.3) is 0 Å². The smallest absolute Gasteiger partial charge is 0.376 e. The number of carbonyl (C=O) groups excluding carboxylic acids is 1. The topological polar surface area (TPSA) is 75.7 Å². The molecule has 2 aliphatic rings. The largest absolute Gasteiger partial charge is 0.391 e. The fourth-order valence-electron chi connectivity index (χ4n) is 3.86. The van der Waals surface area contributed by atoms with Gasteiger partial charge < -0.3 is 9.64 Å². The maximum absolute atomic E-state index is 12.7. The number of hydrogen-bond acceptors (Lipinski definition) is 4. The zero-order chi connectivity index (χ0) is 19.5. The van der Waals surface area contributed by atoms with Crippen LogP contribution in [0, 0.1) is 5.92 Å². The van der Waals surface area contributed by atoms with Crippen molar-refractivity contribution in [3.8, 4) is 0 Å². The third-order valence-corrected chi connectivity index (χ3v) is 5.92. The highest BCUT2D eigenvalue weighted by molar-refractivity contribution is 7.88. The molecule has 1 aliphatic carbocycles. The van der Waals surface area contributed by atoms with Crippen LogP contribution < -0.4 is 4.72 Å². The molecular weight excluding hydrogens is 373 g/mol. The van der Waals surface area contributed by atoms with Gasteiger partial charge in [-0.05, 0) is 38.5 Å². The van der Waals surface area contributed by atoms with Crippen LogP contribution in [-0.2, 0) is 19.6 Å². The third-order valence-electron chi connectivity index (χ3n) is 5.19. The molecule has 0 unspecified atom stereocenters. The predicted octanol–water partition coefficient (Wildman–Crippen LogP) is 2.05. The van der Waals surface area contributed by atoms with Crippen LogP contribution in [-0.4, -0.2) is 63.0 Å². The zero-order valence-corrected chi connectivity index (χ0v) is 15.9. The van der Waals surface area contributed by atoms with Crippen molar-refractivity contribution in [2.75, 3.05) is 19.4 Å². The Kier molecular flexibility index (Phi) is 6.95. The summed E-state index contributed by atoms with van der Waals surface area (Å²) in [4.78, 5) is 13.5. The molecular formula is C16H27F3N2O4S. The van der Waals surface area contributed by atoms with Crippen molar-refractivity contribution in [3.63, 3.8) is 0 Å². The summed E-state index contributed by atoms with van der Waals surface area (Å²) in [7, 11) is -3.44. The van der Waals surface area contributed by atoms with Crippen molar-refractivity contribution in [1.29, 1.82) is 0 Å². The fourth-order valence-corrected chi connectivity index (χ4v) is 4.68. The van der Waals surface area contributed by atoms with Gasteiger partial charge in [-0.25, -0.2) is 13.1 Å². The Morgan fingerprint density at radius 1 is 1.19 bits per heavy atom. The monoisotopic (exact) mass is 400 g/mol. The Morgan fingerprint density at radius 2 is 1.81 bits per heavy atom. The quantitative estimate of drug-likeness (QED) is 0.767. The fraction of sp³-hybridized carbons (Fsp3) is 0.938. The first-order valence-corrected chi connectivity index (χ1v) is 10.8. The van der Waals surface area contributed by atoms with Crippen molar-refractivity contribution >= 4 is 15.9 Å². The molecule has 6 nitrogen and oxygen atoms in total. The lowest BCUT2D eigenvalue weighted by atomic mass is 9.87. The molecule has 26 heavy (non-hydrogen) atoms. The summed E-state index contributed by atoms with van der Waals surface area (Å²) in [5, 5.41) is 0. The van der Waals surface area contributed by atoms with Crippen LogP contribution in [0.15, 0.2) is 0 Å². The van der Waals surface area contributed by atoms with E-state index in [9.17, 15) is 26.4 Å². The van der Waals surface area contributed by atoms with Gasteiger partial charge in [0.2, 0.25) is 15.9 Å². The summed E-state index contributed by atoms with van der Waals surface area (Å²) in [6, 6.07) is -0.898. The van der Waals surface area contributed by atoms with E-state index in [1.54, 1.807) is 4.90 Å². The Bertz CT molecular complexity index is 589. The first-order valence-electron chi connectivity index (χ1n) is 8.90. The van der Waals surface area contributed by atoms with Gasteiger partial charge in [0.1, 0.15) is 0 Å². The Morgan fingerprint density at radius 3 is 2.31 bits per heavy atom. The highest BCUT2D eigenvalue weighted by atomic mass is 32.2. The van der Waals surface area contributed by atoms with Crippen molar-refractivity contribution in [1.82, 2.24) is 9.62 Å². The van der Waals surface area contributed by atoms with Gasteiger partial charge in [0.05, 0.1) is 30.9 Å². The van der Waals surface area contributed by atoms with Gasteiger partial charge in [-0.1, -0.05) is 0 Å². The molecule has 152 valence electrons. The molecule has 2 fully saturated rings. The summed E-state index contributed by atoms with van der Waals surface area (Å²) in [6.45, 7) is 2.06. The summed E-state index contributed by atoms with van der Waals surface area (Å²) in [5.74, 6) is -1.44. The van der Waals surface area contributed by atoms with Crippen LogP contribution >= 0.6 is 0 Å². The second kappa shape index (κ2) is 8.43. The van der Waals surface area contributed by atoms with Crippen LogP contribution in [0.3, 0.4) is 0 Å². The summed E-state index contributed by atoms with van der Waals surface area (Å²) in [5.41, 5.74) is 0. The SMILES string of the molecule is CC(=O)N1CCC[C@H](NS(C)(=O)=O)[C@@H]1CO[C@H]1CC[C@@H](C(F)(F)F)CC1. The van der Waals surface area contributed by atoms with E-state index < -0.39 is 34.2 Å². The Balaban J connectivity index is 1.95. The molecule has 1 heterocycles. The van der Waals surface area contributed by atoms with Crippen LogP contribution in [0.5, 0.6) is 0 Å². The van der Waals surface area contributed by atoms with E-state index in [1.165, 1.54) is 6.92 Å². The number of alkyl halides is 3. The molecule has 1 amide bonds. The lowest BCUT2D eigenvalue weighted by Crippen LogP contribution is -2.58. The van der Waals surface area contributed by atoms with E-state index >= 15 is 0 Å². The number of piperidine rings is 1. The molecule has 10 heteroatoms. The normalized spacial score (nSPS) is 31.0. The number of amides is 1. The Labute approximate surface area is 152 Å². The highest BCUT2D eigenvalue weighted by Crippen LogP contribution is 2.38. The number of nitrogens with one attached hydrogen (secondary N) is 1. The number of ether oxygens (including phenoxy) is 1. The van der Waals surface area contributed by atoms with E-state index in [1.807, 2.05) is 0 Å². The molecule has 1 aliphatic heterocycles. The predicted molar refractivity (Wildman–Crippen MR) is 89.9 cm³/mol. The van der Waals surface area contributed by atoms with Crippen molar-refractivity contribution < 1.29 is 31.1 Å². The molecule has 1 saturated heterocycles. The molecule has 0 radical (unpaired) electrons. The lowest BCUT2D eigenvalue weighted by Gasteiger charge is -2.41. The van der Waals surface area contributed by atoms with E-state index in [0.29, 0.717) is 32.2 Å². The number of halogens is 3. The lowest BCUT2D eigenvalue weighted by molar-refractivity contribution is -0.188. The van der Waals surface area contributed by atoms with Gasteiger partial charge >= 0.3 is 6.18 Å². The van der Waals surface area contributed by atoms with Gasteiger partial charge in [0.25, 0.3) is 0 Å². The summed E-state index contributed by atoms with van der Waals surface area (Å²) >= 11 is 0. The van der Waals surface area contributed by atoms with Gasteiger partial charge in [-0.3, -0.25) is 4.79 Å². The molecule has 0 spiro atoms. The first-order chi connectivity index (χ1) is 12.0. The summed E-state index contributed by atoms with van der Waals surface area (Å²) in [6.07, 6.45) is -1.39. The number of carbonyl (C=O) groups is 1. The van der Waals surface area contributed by atoms with Gasteiger partial charge in [-0.15, -0.1) is 0 Å². The average Bonchev–Trinajstić information content (AvgIpc) is 2.51. The molecule has 0 bridgehead atoms. The molecule has 2 atom stereocenters. The molecule has 0 aromatic carbocycles. The second-order valence-corrected chi connectivity index (χ2v) is 9.05. The number of rotatable bonds is 5. The minimum Gasteiger partial charge on any atom is -0.376 e. The Hall–Kier alpha value is -0.870. The summed E-state index contributed by atoms with van der Waals surface area (Å²) < 4.78 is 69.8. The van der Waals surface area contributed by atoms with Crippen LogP contribution in [0.2, 0.25) is 0 Å². The number of hydrogen-bond donors (Lipinski definition) is 1. The minimum atomic E-state index is -4.16. The van der Waals surface area contributed by atoms with Gasteiger partial charge in [0, 0.05) is 19.5 Å². The van der Waals surface area contributed by atoms with Gasteiger partial charge in [-0.2, -0.15) is 13.2 Å². The van der Waals surface area contributed by atoms with Crippen LogP contribution in [0.4, 0.5) is 13.2 Å². The van der Waals surface area contributed by atoms with Crippen molar-refractivity contribution in [2.45, 2.75) is 69.8 Å². The van der Waals surface area contributed by atoms with E-state index in [4.69, 9.17) is 4.74 Å². The third kappa shape index (κ3) is 6.09. The van der Waals surface area contributed by atoms with Gasteiger partial charge in [0.15, 0.2) is 0 Å². The molecule has 1 saturated carbocycles. The first kappa shape index (κ1) is 21.4. The zero-order valence-electron chi connectivity index (χ0n) is 15.1. The van der Waals surface area contributed by atoms with Crippen LogP contribution in [0.1, 0.15) is 45.4 Å².